The van der Waals surface area contributed by atoms with Gasteiger partial charge >= 0.3 is 0 Å². The van der Waals surface area contributed by atoms with Crippen molar-refractivity contribution in [2.45, 2.75) is 18.9 Å². The van der Waals surface area contributed by atoms with E-state index in [9.17, 15) is 14.9 Å². The number of nitro groups is 1. The number of nitrogens with one attached hydrogen (secondary N) is 2. The molecule has 1 unspecified atom stereocenters. The molecular weight excluding hydrogens is 260 g/mol. The first-order valence-electron chi connectivity index (χ1n) is 6.62. The van der Waals surface area contributed by atoms with E-state index in [1.54, 1.807) is 6.07 Å². The highest BCUT2D eigenvalue weighted by molar-refractivity contribution is 6.00. The van der Waals surface area contributed by atoms with E-state index in [1.165, 1.54) is 6.07 Å². The third kappa shape index (κ3) is 2.09. The van der Waals surface area contributed by atoms with Gasteiger partial charge in [0.1, 0.15) is 5.69 Å². The van der Waals surface area contributed by atoms with Crippen LogP contribution < -0.4 is 15.5 Å². The summed E-state index contributed by atoms with van der Waals surface area (Å²) in [4.78, 5) is 24.3. The molecule has 2 N–H and O–H groups in total. The molecule has 3 rings (SSSR count). The molecule has 2 heterocycles. The molecule has 0 spiro atoms. The highest BCUT2D eigenvalue weighted by Gasteiger charge is 2.30. The molecule has 1 fully saturated rings. The highest BCUT2D eigenvalue weighted by atomic mass is 16.6. The van der Waals surface area contributed by atoms with E-state index < -0.39 is 0 Å². The fourth-order valence-corrected chi connectivity index (χ4v) is 2.86. The SMILES string of the molecule is CNC1CCN(c2cc3c(cc2[N+](=O)[O-])CC(=O)N3)C1. The highest BCUT2D eigenvalue weighted by Crippen LogP contribution is 2.37. The number of carbonyl (C=O) groups excluding carboxylic acids is 1. The molecule has 0 bridgehead atoms. The third-order valence-electron chi connectivity index (χ3n) is 3.96. The Morgan fingerprint density at radius 3 is 2.95 bits per heavy atom. The van der Waals surface area contributed by atoms with E-state index in [-0.39, 0.29) is 22.9 Å². The molecule has 1 aromatic rings. The number of hydrogen-bond donors (Lipinski definition) is 2. The summed E-state index contributed by atoms with van der Waals surface area (Å²) in [5.74, 6) is -0.110. The molecule has 1 saturated heterocycles. The topological polar surface area (TPSA) is 87.5 Å². The van der Waals surface area contributed by atoms with Gasteiger partial charge in [-0.25, -0.2) is 0 Å². The van der Waals surface area contributed by atoms with Crippen molar-refractivity contribution in [3.05, 3.63) is 27.8 Å². The molecule has 1 amide bonds. The van der Waals surface area contributed by atoms with E-state index in [1.807, 2.05) is 11.9 Å². The number of carbonyl (C=O) groups is 1. The molecule has 2 aliphatic heterocycles. The number of fused-ring (bicyclic) bond motifs is 1. The summed E-state index contributed by atoms with van der Waals surface area (Å²) in [6.07, 6.45) is 1.17. The smallest absolute Gasteiger partial charge is 0.292 e. The number of benzene rings is 1. The van der Waals surface area contributed by atoms with Crippen LogP contribution in [0, 0.1) is 10.1 Å². The molecule has 7 nitrogen and oxygen atoms in total. The van der Waals surface area contributed by atoms with E-state index in [0.29, 0.717) is 23.0 Å². The summed E-state index contributed by atoms with van der Waals surface area (Å²) < 4.78 is 0. The van der Waals surface area contributed by atoms with Gasteiger partial charge in [-0.05, 0) is 25.1 Å². The second-order valence-corrected chi connectivity index (χ2v) is 5.20. The van der Waals surface area contributed by atoms with E-state index in [2.05, 4.69) is 10.6 Å². The first-order chi connectivity index (χ1) is 9.58. The van der Waals surface area contributed by atoms with Crippen LogP contribution in [0.25, 0.3) is 0 Å². The zero-order chi connectivity index (χ0) is 14.3. The van der Waals surface area contributed by atoms with Gasteiger partial charge in [0.25, 0.3) is 5.69 Å². The van der Waals surface area contributed by atoms with Crippen molar-refractivity contribution in [1.82, 2.24) is 5.32 Å². The predicted octanol–water partition coefficient (Wildman–Crippen LogP) is 0.887. The lowest BCUT2D eigenvalue weighted by Crippen LogP contribution is -2.29. The predicted molar refractivity (Wildman–Crippen MR) is 75.1 cm³/mol. The summed E-state index contributed by atoms with van der Waals surface area (Å²) in [6, 6.07) is 3.60. The zero-order valence-corrected chi connectivity index (χ0v) is 11.2. The quantitative estimate of drug-likeness (QED) is 0.632. The van der Waals surface area contributed by atoms with E-state index in [4.69, 9.17) is 0 Å². The summed E-state index contributed by atoms with van der Waals surface area (Å²) >= 11 is 0. The Morgan fingerprint density at radius 2 is 2.30 bits per heavy atom. The van der Waals surface area contributed by atoms with Gasteiger partial charge in [-0.2, -0.15) is 0 Å². The lowest BCUT2D eigenvalue weighted by atomic mass is 10.1. The first kappa shape index (κ1) is 12.9. The van der Waals surface area contributed by atoms with Crippen LogP contribution in [0.15, 0.2) is 12.1 Å². The Bertz CT molecular complexity index is 587. The standard InChI is InChI=1S/C13H16N4O3/c1-14-9-2-3-16(7-9)11-6-10-8(5-13(18)15-10)4-12(11)17(19)20/h4,6,9,14H,2-3,5,7H2,1H3,(H,15,18). The number of nitro benzene ring substituents is 1. The van der Waals surface area contributed by atoms with Gasteiger partial charge in [0.2, 0.25) is 5.91 Å². The van der Waals surface area contributed by atoms with Gasteiger partial charge in [-0.3, -0.25) is 14.9 Å². The lowest BCUT2D eigenvalue weighted by molar-refractivity contribution is -0.384. The molecule has 0 aliphatic carbocycles. The van der Waals surface area contributed by atoms with E-state index >= 15 is 0 Å². The average Bonchev–Trinajstić information content (AvgIpc) is 3.01. The van der Waals surface area contributed by atoms with Crippen LogP contribution in [0.1, 0.15) is 12.0 Å². The van der Waals surface area contributed by atoms with Crippen LogP contribution in [0.4, 0.5) is 17.1 Å². The Kier molecular flexibility index (Phi) is 3.06. The largest absolute Gasteiger partial charge is 0.364 e. The minimum Gasteiger partial charge on any atom is -0.364 e. The van der Waals surface area contributed by atoms with Crippen molar-refractivity contribution >= 4 is 23.0 Å². The first-order valence-corrected chi connectivity index (χ1v) is 6.62. The lowest BCUT2D eigenvalue weighted by Gasteiger charge is -2.19. The van der Waals surface area contributed by atoms with Crippen LogP contribution in [0.2, 0.25) is 0 Å². The van der Waals surface area contributed by atoms with Gasteiger partial charge < -0.3 is 15.5 Å². The average molecular weight is 276 g/mol. The molecule has 2 aliphatic rings. The summed E-state index contributed by atoms with van der Waals surface area (Å²) in [7, 11) is 1.89. The van der Waals surface area contributed by atoms with Crippen molar-refractivity contribution < 1.29 is 9.72 Å². The van der Waals surface area contributed by atoms with Gasteiger partial charge in [0.05, 0.1) is 11.3 Å². The molecule has 106 valence electrons. The van der Waals surface area contributed by atoms with Gasteiger partial charge in [0, 0.05) is 30.9 Å². The fraction of sp³-hybridized carbons (Fsp3) is 0.462. The molecule has 20 heavy (non-hydrogen) atoms. The van der Waals surface area contributed by atoms with Gasteiger partial charge in [-0.1, -0.05) is 0 Å². The maximum Gasteiger partial charge on any atom is 0.292 e. The minimum atomic E-state index is -0.370. The monoisotopic (exact) mass is 276 g/mol. The number of rotatable bonds is 3. The maximum atomic E-state index is 11.4. The minimum absolute atomic E-state index is 0.0806. The maximum absolute atomic E-state index is 11.4. The summed E-state index contributed by atoms with van der Waals surface area (Å²) in [5.41, 5.74) is 2.07. The van der Waals surface area contributed by atoms with Crippen molar-refractivity contribution in [2.75, 3.05) is 30.4 Å². The van der Waals surface area contributed by atoms with Crippen LogP contribution >= 0.6 is 0 Å². The third-order valence-corrected chi connectivity index (χ3v) is 3.96. The number of amides is 1. The molecule has 0 saturated carbocycles. The molecule has 0 aromatic heterocycles. The Morgan fingerprint density at radius 1 is 1.50 bits per heavy atom. The van der Waals surface area contributed by atoms with Crippen molar-refractivity contribution in [3.8, 4) is 0 Å². The van der Waals surface area contributed by atoms with Gasteiger partial charge in [0.15, 0.2) is 0 Å². The molecule has 1 atom stereocenters. The van der Waals surface area contributed by atoms with E-state index in [0.717, 1.165) is 19.5 Å². The fourth-order valence-electron chi connectivity index (χ4n) is 2.86. The van der Waals surface area contributed by atoms with Crippen LogP contribution in [-0.2, 0) is 11.2 Å². The summed E-state index contributed by atoms with van der Waals surface area (Å²) in [5, 5.41) is 17.2. The van der Waals surface area contributed by atoms with Crippen molar-refractivity contribution in [2.24, 2.45) is 0 Å². The number of likely N-dealkylation sites (N-methyl/N-ethyl adjacent to an activating group) is 1. The molecule has 7 heteroatoms. The molecule has 1 aromatic carbocycles. The normalized spacial score (nSPS) is 20.9. The second kappa shape index (κ2) is 4.75. The van der Waals surface area contributed by atoms with Crippen LogP contribution in [0.5, 0.6) is 0 Å². The zero-order valence-electron chi connectivity index (χ0n) is 11.2. The van der Waals surface area contributed by atoms with Crippen LogP contribution in [-0.4, -0.2) is 37.0 Å². The van der Waals surface area contributed by atoms with Crippen molar-refractivity contribution in [1.29, 1.82) is 0 Å². The summed E-state index contributed by atoms with van der Waals surface area (Å²) in [6.45, 7) is 1.52. The Labute approximate surface area is 116 Å². The Balaban J connectivity index is 1.99. The molecule has 0 radical (unpaired) electrons. The van der Waals surface area contributed by atoms with Gasteiger partial charge in [-0.15, -0.1) is 0 Å². The number of anilines is 2. The van der Waals surface area contributed by atoms with Crippen LogP contribution in [0.3, 0.4) is 0 Å². The molecular formula is C13H16N4O3. The van der Waals surface area contributed by atoms with Crippen molar-refractivity contribution in [3.63, 3.8) is 0 Å². The second-order valence-electron chi connectivity index (χ2n) is 5.20. The number of nitrogens with zero attached hydrogens (tertiary/aromatic N) is 2. The number of hydrogen-bond acceptors (Lipinski definition) is 5. The Hall–Kier alpha value is -2.15.